The van der Waals surface area contributed by atoms with Gasteiger partial charge in [0.15, 0.2) is 6.23 Å². The van der Waals surface area contributed by atoms with Gasteiger partial charge in [-0.15, -0.1) is 11.3 Å². The molecule has 3 atom stereocenters. The van der Waals surface area contributed by atoms with Crippen LogP contribution >= 0.6 is 11.3 Å². The first kappa shape index (κ1) is 21.3. The molecule has 2 aliphatic heterocycles. The van der Waals surface area contributed by atoms with E-state index in [1.807, 2.05) is 0 Å². The number of halogens is 2. The number of aliphatic imine (C=N–C) groups is 1. The average molecular weight is 467 g/mol. The maximum Gasteiger partial charge on any atom is 0.387 e. The number of nitrogens with two attached hydrogens (primary N) is 1. The molecule has 1 unspecified atom stereocenters. The second-order valence-electron chi connectivity index (χ2n) is 8.29. The molecular weight excluding hydrogens is 444 g/mol. The summed E-state index contributed by atoms with van der Waals surface area (Å²) in [5.41, 5.74) is 5.35. The fourth-order valence-corrected chi connectivity index (χ4v) is 5.45. The van der Waals surface area contributed by atoms with Crippen LogP contribution in [0.25, 0.3) is 0 Å². The van der Waals surface area contributed by atoms with Crippen molar-refractivity contribution in [3.05, 3.63) is 34.4 Å². The summed E-state index contributed by atoms with van der Waals surface area (Å²) in [5, 5.41) is 15.8. The second-order valence-corrected chi connectivity index (χ2v) is 9.15. The van der Waals surface area contributed by atoms with Gasteiger partial charge in [0.05, 0.1) is 30.7 Å². The van der Waals surface area contributed by atoms with Crippen molar-refractivity contribution < 1.29 is 28.1 Å². The van der Waals surface area contributed by atoms with E-state index in [4.69, 9.17) is 15.2 Å². The van der Waals surface area contributed by atoms with Crippen LogP contribution in [0.4, 0.5) is 14.6 Å². The number of aliphatic hydroxyl groups is 1. The van der Waals surface area contributed by atoms with E-state index in [9.17, 15) is 13.9 Å². The van der Waals surface area contributed by atoms with E-state index in [1.165, 1.54) is 29.9 Å². The number of amidine groups is 1. The Labute approximate surface area is 186 Å². The molecule has 4 N–H and O–H groups in total. The first-order valence-corrected chi connectivity index (χ1v) is 11.2. The summed E-state index contributed by atoms with van der Waals surface area (Å²) in [7, 11) is 0. The third kappa shape index (κ3) is 3.86. The highest BCUT2D eigenvalue weighted by Gasteiger charge is 2.56. The Morgan fingerprint density at radius 3 is 2.88 bits per heavy atom. The molecule has 12 heteroatoms. The Kier molecular flexibility index (Phi) is 5.38. The van der Waals surface area contributed by atoms with E-state index in [1.54, 1.807) is 5.38 Å². The molecule has 3 aliphatic rings. The predicted octanol–water partition coefficient (Wildman–Crippen LogP) is 2.74. The fraction of sp³-hybridized carbons (Fsp3) is 0.550. The third-order valence-electron chi connectivity index (χ3n) is 6.32. The standard InChI is InChI=1S/C20H23F2N5O4S/c21-17(22)31-12-2-3-13(24-7-12)15(28)25-14-9-32-16(26-14)20-10-30-19(4-1-5-19)6-11(20)8-29-18(23)27-20/h2-3,7,9,11,15,17,25,28H,1,4-6,8,10H2,(H2,23,27)/t11-,15?,20-/m0/s1. The van der Waals surface area contributed by atoms with Crippen LogP contribution in [0.1, 0.15) is 42.6 Å². The minimum Gasteiger partial charge on any atom is -0.465 e. The number of fused-ring (bicyclic) bond motifs is 1. The van der Waals surface area contributed by atoms with E-state index >= 15 is 0 Å². The summed E-state index contributed by atoms with van der Waals surface area (Å²) in [5.74, 6) is 0.440. The molecule has 1 saturated heterocycles. The summed E-state index contributed by atoms with van der Waals surface area (Å²) in [4.78, 5) is 13.2. The molecule has 172 valence electrons. The number of anilines is 1. The summed E-state index contributed by atoms with van der Waals surface area (Å²) < 4.78 is 40.7. The molecular formula is C20H23F2N5O4S. The van der Waals surface area contributed by atoms with Gasteiger partial charge in [-0.05, 0) is 37.8 Å². The zero-order valence-corrected chi connectivity index (χ0v) is 17.9. The molecule has 0 amide bonds. The number of thiazole rings is 1. The normalized spacial score (nSPS) is 27.1. The number of nitrogens with one attached hydrogen (secondary N) is 1. The van der Waals surface area contributed by atoms with Gasteiger partial charge in [0.2, 0.25) is 0 Å². The summed E-state index contributed by atoms with van der Waals surface area (Å²) in [6.45, 7) is -2.10. The number of nitrogens with zero attached hydrogens (tertiary/aromatic N) is 3. The predicted molar refractivity (Wildman–Crippen MR) is 111 cm³/mol. The van der Waals surface area contributed by atoms with Crippen molar-refractivity contribution in [2.45, 2.75) is 49.7 Å². The number of ether oxygens (including phenoxy) is 3. The molecule has 5 rings (SSSR count). The average Bonchev–Trinajstić information content (AvgIpc) is 3.21. The lowest BCUT2D eigenvalue weighted by atomic mass is 9.67. The van der Waals surface area contributed by atoms with Gasteiger partial charge in [-0.25, -0.2) is 9.98 Å². The van der Waals surface area contributed by atoms with Crippen molar-refractivity contribution in [1.29, 1.82) is 0 Å². The Morgan fingerprint density at radius 1 is 1.34 bits per heavy atom. The van der Waals surface area contributed by atoms with Crippen LogP contribution in [0, 0.1) is 5.92 Å². The van der Waals surface area contributed by atoms with Gasteiger partial charge in [-0.1, -0.05) is 0 Å². The molecule has 32 heavy (non-hydrogen) atoms. The summed E-state index contributed by atoms with van der Waals surface area (Å²) in [6.07, 6.45) is 4.03. The molecule has 2 aromatic rings. The lowest BCUT2D eigenvalue weighted by Crippen LogP contribution is -2.58. The molecule has 0 bridgehead atoms. The molecule has 1 saturated carbocycles. The topological polar surface area (TPSA) is 124 Å². The van der Waals surface area contributed by atoms with E-state index in [2.05, 4.69) is 25.0 Å². The lowest BCUT2D eigenvalue weighted by molar-refractivity contribution is -0.182. The summed E-state index contributed by atoms with van der Waals surface area (Å²) >= 11 is 1.40. The Hall–Kier alpha value is -2.57. The van der Waals surface area contributed by atoms with Crippen LogP contribution in [0.5, 0.6) is 5.75 Å². The maximum absolute atomic E-state index is 12.3. The van der Waals surface area contributed by atoms with E-state index in [0.717, 1.165) is 30.5 Å². The van der Waals surface area contributed by atoms with Crippen molar-refractivity contribution in [3.8, 4) is 5.75 Å². The Bertz CT molecular complexity index is 1000. The van der Waals surface area contributed by atoms with Crippen molar-refractivity contribution in [3.63, 3.8) is 0 Å². The quantitative estimate of drug-likeness (QED) is 0.554. The monoisotopic (exact) mass is 467 g/mol. The van der Waals surface area contributed by atoms with Crippen molar-refractivity contribution in [1.82, 2.24) is 9.97 Å². The Balaban J connectivity index is 1.32. The van der Waals surface area contributed by atoms with Gasteiger partial charge >= 0.3 is 6.61 Å². The van der Waals surface area contributed by atoms with Gasteiger partial charge in [-0.3, -0.25) is 4.98 Å². The fourth-order valence-electron chi connectivity index (χ4n) is 4.48. The van der Waals surface area contributed by atoms with Crippen LogP contribution in [-0.2, 0) is 15.0 Å². The molecule has 2 fully saturated rings. The first-order valence-electron chi connectivity index (χ1n) is 10.3. The highest BCUT2D eigenvalue weighted by atomic mass is 32.1. The maximum atomic E-state index is 12.3. The van der Waals surface area contributed by atoms with Gasteiger partial charge < -0.3 is 30.4 Å². The molecule has 1 spiro atoms. The Morgan fingerprint density at radius 2 is 2.19 bits per heavy atom. The third-order valence-corrected chi connectivity index (χ3v) is 7.33. The van der Waals surface area contributed by atoms with Crippen LogP contribution in [0.15, 0.2) is 28.7 Å². The van der Waals surface area contributed by atoms with Gasteiger partial charge in [0.25, 0.3) is 6.02 Å². The van der Waals surface area contributed by atoms with Crippen LogP contribution in [0.3, 0.4) is 0 Å². The number of aliphatic hydroxyl groups excluding tert-OH is 1. The minimum absolute atomic E-state index is 0.0838. The minimum atomic E-state index is -2.94. The van der Waals surface area contributed by atoms with Crippen LogP contribution < -0.4 is 15.8 Å². The number of rotatable bonds is 6. The van der Waals surface area contributed by atoms with E-state index in [-0.39, 0.29) is 29.0 Å². The molecule has 1 aliphatic carbocycles. The highest BCUT2D eigenvalue weighted by molar-refractivity contribution is 7.10. The molecule has 2 aromatic heterocycles. The smallest absolute Gasteiger partial charge is 0.387 e. The van der Waals surface area contributed by atoms with Crippen LogP contribution in [0.2, 0.25) is 0 Å². The molecule has 0 radical (unpaired) electrons. The second kappa shape index (κ2) is 8.09. The molecule has 0 aromatic carbocycles. The van der Waals surface area contributed by atoms with Gasteiger partial charge in [0.1, 0.15) is 22.1 Å². The van der Waals surface area contributed by atoms with E-state index < -0.39 is 18.4 Å². The van der Waals surface area contributed by atoms with Crippen molar-refractivity contribution in [2.75, 3.05) is 18.5 Å². The number of hydrogen-bond donors (Lipinski definition) is 3. The number of alkyl halides is 2. The first-order chi connectivity index (χ1) is 15.4. The largest absolute Gasteiger partial charge is 0.465 e. The number of hydrogen-bond acceptors (Lipinski definition) is 10. The zero-order chi connectivity index (χ0) is 22.3. The lowest BCUT2D eigenvalue weighted by Gasteiger charge is -2.53. The van der Waals surface area contributed by atoms with Gasteiger partial charge in [-0.2, -0.15) is 8.78 Å². The zero-order valence-electron chi connectivity index (χ0n) is 17.0. The number of aromatic nitrogens is 2. The summed E-state index contributed by atoms with van der Waals surface area (Å²) in [6, 6.07) is 2.83. The van der Waals surface area contributed by atoms with Crippen molar-refractivity contribution in [2.24, 2.45) is 16.6 Å². The van der Waals surface area contributed by atoms with Gasteiger partial charge in [0, 0.05) is 11.3 Å². The molecule has 4 heterocycles. The van der Waals surface area contributed by atoms with E-state index in [0.29, 0.717) is 19.0 Å². The van der Waals surface area contributed by atoms with Crippen molar-refractivity contribution >= 4 is 23.2 Å². The number of pyridine rings is 1. The SMILES string of the molecule is NC1=N[C@@]2(c3nc(NC(O)c4ccc(OC(F)F)cn4)cs3)COC3(CCC3)C[C@H]2CO1. The molecule has 9 nitrogen and oxygen atoms in total. The van der Waals surface area contributed by atoms with Crippen LogP contribution in [-0.4, -0.2) is 46.5 Å². The highest BCUT2D eigenvalue weighted by Crippen LogP contribution is 2.53.